The molecule has 86 valence electrons. The highest BCUT2D eigenvalue weighted by Crippen LogP contribution is 2.32. The van der Waals surface area contributed by atoms with Gasteiger partial charge in [-0.1, -0.05) is 12.1 Å². The number of rotatable bonds is 1. The van der Waals surface area contributed by atoms with Crippen LogP contribution in [0.4, 0.5) is 0 Å². The highest BCUT2D eigenvalue weighted by Gasteiger charge is 2.34. The van der Waals surface area contributed by atoms with E-state index in [-0.39, 0.29) is 16.9 Å². The average molecular weight is 232 g/mol. The fourth-order valence-corrected chi connectivity index (χ4v) is 1.71. The van der Waals surface area contributed by atoms with Crippen molar-refractivity contribution in [2.24, 2.45) is 5.73 Å². The molecule has 1 aliphatic rings. The van der Waals surface area contributed by atoms with Gasteiger partial charge in [-0.25, -0.2) is 0 Å². The third kappa shape index (κ3) is 1.38. The first-order valence-corrected chi connectivity index (χ1v) is 4.64. The van der Waals surface area contributed by atoms with Gasteiger partial charge in [0.15, 0.2) is 0 Å². The maximum atomic E-state index is 11.8. The number of nitrogens with one attached hydrogen (secondary N) is 1. The summed E-state index contributed by atoms with van der Waals surface area (Å²) in [7, 11) is 0. The summed E-state index contributed by atoms with van der Waals surface area (Å²) in [6.07, 6.45) is 0. The van der Waals surface area contributed by atoms with Crippen LogP contribution < -0.4 is 5.73 Å². The van der Waals surface area contributed by atoms with Crippen LogP contribution in [0.1, 0.15) is 15.9 Å². The molecule has 1 aromatic rings. The molecular weight excluding hydrogens is 224 g/mol. The number of amides is 1. The van der Waals surface area contributed by atoms with Crippen LogP contribution in [0.15, 0.2) is 23.8 Å². The number of primary amides is 1. The van der Waals surface area contributed by atoms with Crippen LogP contribution in [0.25, 0.3) is 5.76 Å². The first-order chi connectivity index (χ1) is 7.95. The maximum absolute atomic E-state index is 11.8. The Balaban J connectivity index is 2.84. The molecule has 0 radical (unpaired) electrons. The van der Waals surface area contributed by atoms with E-state index in [1.54, 1.807) is 0 Å². The summed E-state index contributed by atoms with van der Waals surface area (Å²) in [6, 6.07) is 4.02. The van der Waals surface area contributed by atoms with E-state index in [1.807, 2.05) is 0 Å². The summed E-state index contributed by atoms with van der Waals surface area (Å²) < 4.78 is 0. The second-order valence-electron chi connectivity index (χ2n) is 3.49. The van der Waals surface area contributed by atoms with Crippen LogP contribution in [0.2, 0.25) is 0 Å². The molecule has 0 aliphatic heterocycles. The number of ketones is 1. The lowest BCUT2D eigenvalue weighted by Gasteiger charge is -2.18. The van der Waals surface area contributed by atoms with E-state index < -0.39 is 28.7 Å². The first-order valence-electron chi connectivity index (χ1n) is 4.64. The van der Waals surface area contributed by atoms with E-state index in [0.29, 0.717) is 0 Å². The van der Waals surface area contributed by atoms with Crippen molar-refractivity contribution in [3.63, 3.8) is 0 Å². The monoisotopic (exact) mass is 232 g/mol. The molecule has 0 saturated heterocycles. The number of aromatic hydroxyl groups is 1. The van der Waals surface area contributed by atoms with Gasteiger partial charge in [0.2, 0.25) is 5.78 Å². The van der Waals surface area contributed by atoms with Crippen molar-refractivity contribution >= 4 is 23.2 Å². The average Bonchev–Trinajstić information content (AvgIpc) is 2.25. The summed E-state index contributed by atoms with van der Waals surface area (Å²) in [5, 5.41) is 26.8. The van der Waals surface area contributed by atoms with Gasteiger partial charge in [-0.3, -0.25) is 15.0 Å². The molecule has 0 bridgehead atoms. The molecule has 1 aliphatic carbocycles. The van der Waals surface area contributed by atoms with Gasteiger partial charge in [-0.15, -0.1) is 0 Å². The molecule has 0 aromatic heterocycles. The van der Waals surface area contributed by atoms with Crippen molar-refractivity contribution in [3.05, 3.63) is 34.9 Å². The molecule has 0 saturated carbocycles. The molecular formula is C11H8N2O4. The summed E-state index contributed by atoms with van der Waals surface area (Å²) in [5.74, 6) is -2.82. The van der Waals surface area contributed by atoms with E-state index in [9.17, 15) is 19.8 Å². The fourth-order valence-electron chi connectivity index (χ4n) is 1.71. The van der Waals surface area contributed by atoms with Crippen molar-refractivity contribution in [3.8, 4) is 5.75 Å². The number of benzene rings is 1. The number of carbonyl (C=O) groups is 2. The molecule has 0 spiro atoms. The first kappa shape index (κ1) is 10.9. The predicted molar refractivity (Wildman–Crippen MR) is 58.9 cm³/mol. The largest absolute Gasteiger partial charge is 0.507 e. The summed E-state index contributed by atoms with van der Waals surface area (Å²) >= 11 is 0. The second kappa shape index (κ2) is 3.44. The number of fused-ring (bicyclic) bond motifs is 1. The molecule has 2 rings (SSSR count). The molecule has 17 heavy (non-hydrogen) atoms. The van der Waals surface area contributed by atoms with Crippen LogP contribution in [-0.4, -0.2) is 27.6 Å². The lowest BCUT2D eigenvalue weighted by Crippen LogP contribution is -2.31. The molecule has 0 heterocycles. The molecule has 0 fully saturated rings. The minimum atomic E-state index is -1.06. The Kier molecular flexibility index (Phi) is 2.20. The number of hydrogen-bond acceptors (Lipinski definition) is 5. The van der Waals surface area contributed by atoms with Crippen molar-refractivity contribution < 1.29 is 19.8 Å². The minimum absolute atomic E-state index is 0.000185. The molecule has 1 aromatic carbocycles. The maximum Gasteiger partial charge on any atom is 0.254 e. The molecule has 6 nitrogen and oxygen atoms in total. The van der Waals surface area contributed by atoms with Crippen molar-refractivity contribution in [1.82, 2.24) is 0 Å². The van der Waals surface area contributed by atoms with Crippen LogP contribution in [0.3, 0.4) is 0 Å². The summed E-state index contributed by atoms with van der Waals surface area (Å²) in [6.45, 7) is 0. The van der Waals surface area contributed by atoms with Gasteiger partial charge in [-0.2, -0.15) is 0 Å². The standard InChI is InChI=1S/C11H8N2O4/c12-8-7(11(13)17)9(15)4-2-1-3-5(14)6(4)10(8)16/h1-3,12,14-15H,(H2,13,17). The zero-order valence-corrected chi connectivity index (χ0v) is 8.52. The Morgan fingerprint density at radius 2 is 1.94 bits per heavy atom. The lowest BCUT2D eigenvalue weighted by molar-refractivity contribution is -0.114. The van der Waals surface area contributed by atoms with E-state index in [1.165, 1.54) is 18.2 Å². The minimum Gasteiger partial charge on any atom is -0.507 e. The molecule has 0 atom stereocenters. The number of carbonyl (C=O) groups excluding carboxylic acids is 2. The Labute approximate surface area is 95.5 Å². The van der Waals surface area contributed by atoms with Gasteiger partial charge in [0.05, 0.1) is 5.56 Å². The number of phenolic OH excluding ortho intramolecular Hbond substituents is 1. The summed E-state index contributed by atoms with van der Waals surface area (Å²) in [4.78, 5) is 22.8. The SMILES string of the molecule is N=C1C(=O)c2c(O)cccc2C(O)=C1C(N)=O. The van der Waals surface area contributed by atoms with E-state index in [4.69, 9.17) is 11.1 Å². The Bertz CT molecular complexity index is 601. The molecule has 1 amide bonds. The number of nitrogens with two attached hydrogens (primary N) is 1. The zero-order valence-electron chi connectivity index (χ0n) is 8.52. The predicted octanol–water partition coefficient (Wildman–Crippen LogP) is 0.363. The molecule has 5 N–H and O–H groups in total. The van der Waals surface area contributed by atoms with Crippen LogP contribution >= 0.6 is 0 Å². The number of phenols is 1. The topological polar surface area (TPSA) is 124 Å². The second-order valence-corrected chi connectivity index (χ2v) is 3.49. The van der Waals surface area contributed by atoms with E-state index in [0.717, 1.165) is 0 Å². The van der Waals surface area contributed by atoms with Gasteiger partial charge in [0.25, 0.3) is 5.91 Å². The lowest BCUT2D eigenvalue weighted by atomic mass is 9.87. The molecule has 6 heteroatoms. The van der Waals surface area contributed by atoms with Gasteiger partial charge in [-0.05, 0) is 6.07 Å². The summed E-state index contributed by atoms with van der Waals surface area (Å²) in [5.41, 5.74) is 3.55. The Morgan fingerprint density at radius 1 is 1.29 bits per heavy atom. The van der Waals surface area contributed by atoms with E-state index >= 15 is 0 Å². The van der Waals surface area contributed by atoms with Crippen molar-refractivity contribution in [2.75, 3.05) is 0 Å². The van der Waals surface area contributed by atoms with Crippen molar-refractivity contribution in [1.29, 1.82) is 5.41 Å². The number of aliphatic hydroxyl groups is 1. The van der Waals surface area contributed by atoms with Crippen LogP contribution in [0, 0.1) is 5.41 Å². The van der Waals surface area contributed by atoms with Crippen LogP contribution in [0.5, 0.6) is 5.75 Å². The van der Waals surface area contributed by atoms with E-state index in [2.05, 4.69) is 0 Å². The zero-order chi connectivity index (χ0) is 12.7. The fraction of sp³-hybridized carbons (Fsp3) is 0. The third-order valence-electron chi connectivity index (χ3n) is 2.48. The van der Waals surface area contributed by atoms with Gasteiger partial charge >= 0.3 is 0 Å². The Hall–Kier alpha value is -2.63. The van der Waals surface area contributed by atoms with Gasteiger partial charge in [0.1, 0.15) is 22.8 Å². The number of hydrogen-bond donors (Lipinski definition) is 4. The highest BCUT2D eigenvalue weighted by atomic mass is 16.3. The number of Topliss-reactive ketones (excluding diaryl/α,β-unsaturated/α-hetero) is 1. The van der Waals surface area contributed by atoms with Gasteiger partial charge < -0.3 is 15.9 Å². The third-order valence-corrected chi connectivity index (χ3v) is 2.48. The number of aliphatic hydroxyl groups excluding tert-OH is 1. The normalized spacial score (nSPS) is 14.8. The van der Waals surface area contributed by atoms with Gasteiger partial charge in [0, 0.05) is 5.56 Å². The quantitative estimate of drug-likeness (QED) is 0.557. The highest BCUT2D eigenvalue weighted by molar-refractivity contribution is 6.58. The smallest absolute Gasteiger partial charge is 0.254 e. The van der Waals surface area contributed by atoms with Crippen molar-refractivity contribution in [2.45, 2.75) is 0 Å². The Morgan fingerprint density at radius 3 is 2.53 bits per heavy atom. The van der Waals surface area contributed by atoms with Crippen LogP contribution in [-0.2, 0) is 4.79 Å². The molecule has 0 unspecified atom stereocenters.